The van der Waals surface area contributed by atoms with Crippen molar-refractivity contribution in [2.45, 2.75) is 88.2 Å². The Balaban J connectivity index is 0.929. The standard InChI is InChI=1S/C49H58FN7O8S/c1-31(2)37-7-5-4-6-33(37)14-19-56-29-49(30-56)17-20-57(21-18-49)34-8-10-38(43(22-34)65-44-24-39-40(50)26-52-45(39)53-47(44)64-35-27-63-28-35)46(58)55-66(61,62)36-9-11-41(42(23-36)54-60)51-25-32-12-15-48(3,59)16-13-32/h4-11,22-24,26,31-32,35,51,59H,12-21,25,27-30H2,1-3H3,(H,52,53)(H,55,58). The van der Waals surface area contributed by atoms with Crippen LogP contribution in [0.4, 0.5) is 21.5 Å². The zero-order chi connectivity index (χ0) is 46.2. The minimum Gasteiger partial charge on any atom is -0.467 e. The molecule has 9 rings (SSSR count). The van der Waals surface area contributed by atoms with Crippen LogP contribution in [0.15, 0.2) is 83.0 Å². The molecule has 3 aliphatic heterocycles. The van der Waals surface area contributed by atoms with Gasteiger partial charge in [0.1, 0.15) is 29.0 Å². The quantitative estimate of drug-likeness (QED) is 0.0694. The number of aromatic amines is 1. The molecule has 3 aromatic carbocycles. The molecule has 1 spiro atoms. The van der Waals surface area contributed by atoms with Crippen molar-refractivity contribution in [1.29, 1.82) is 0 Å². The monoisotopic (exact) mass is 923 g/mol. The normalized spacial score (nSPS) is 21.1. The van der Waals surface area contributed by atoms with Crippen LogP contribution in [0.3, 0.4) is 0 Å². The molecule has 4 fully saturated rings. The van der Waals surface area contributed by atoms with Crippen molar-refractivity contribution in [1.82, 2.24) is 19.6 Å². The number of benzene rings is 3. The maximum absolute atomic E-state index is 15.0. The lowest BCUT2D eigenvalue weighted by molar-refractivity contribution is -0.0818. The van der Waals surface area contributed by atoms with Gasteiger partial charge in [-0.3, -0.25) is 4.79 Å². The topological polar surface area (TPSA) is 188 Å². The second-order valence-electron chi connectivity index (χ2n) is 19.2. The number of ether oxygens (including phenoxy) is 3. The molecule has 66 heavy (non-hydrogen) atoms. The van der Waals surface area contributed by atoms with Gasteiger partial charge in [-0.05, 0) is 116 Å². The third kappa shape index (κ3) is 9.89. The van der Waals surface area contributed by atoms with Gasteiger partial charge in [0.25, 0.3) is 21.8 Å². The van der Waals surface area contributed by atoms with Crippen molar-refractivity contribution in [2.75, 3.05) is 62.7 Å². The number of sulfonamides is 1. The number of nitroso groups, excluding NO2 is 1. The SMILES string of the molecule is CC(C)c1ccccc1CCN1CC2(CCN(c3ccc(C(=O)NS(=O)(=O)c4ccc(NCC5CCC(C)(O)CC5)c(N=O)c4)c(Oc4cc5c(F)c[nH]c5nc4OC4COC4)c3)CC2)C1. The number of fused-ring (bicyclic) bond motifs is 1. The minimum atomic E-state index is -4.54. The number of hydrogen-bond donors (Lipinski definition) is 4. The number of hydrogen-bond acceptors (Lipinski definition) is 13. The number of nitrogens with one attached hydrogen (secondary N) is 3. The number of anilines is 2. The van der Waals surface area contributed by atoms with E-state index in [1.54, 1.807) is 12.1 Å². The molecule has 0 unspecified atom stereocenters. The molecule has 17 heteroatoms. The molecule has 4 aliphatic rings. The van der Waals surface area contributed by atoms with E-state index in [1.165, 1.54) is 41.6 Å². The summed E-state index contributed by atoms with van der Waals surface area (Å²) in [5.41, 5.74) is 3.48. The molecule has 350 valence electrons. The van der Waals surface area contributed by atoms with E-state index < -0.39 is 27.3 Å². The number of amides is 1. The third-order valence-corrected chi connectivity index (χ3v) is 15.2. The van der Waals surface area contributed by atoms with Crippen LogP contribution in [0.1, 0.15) is 86.7 Å². The first-order valence-electron chi connectivity index (χ1n) is 23.0. The predicted molar refractivity (Wildman–Crippen MR) is 250 cm³/mol. The Labute approximate surface area is 384 Å². The molecule has 0 atom stereocenters. The fourth-order valence-electron chi connectivity index (χ4n) is 9.79. The zero-order valence-electron chi connectivity index (χ0n) is 37.6. The Bertz CT molecular complexity index is 2700. The molecule has 5 heterocycles. The first-order chi connectivity index (χ1) is 31.7. The number of halogens is 1. The Hall–Kier alpha value is -5.62. The minimum absolute atomic E-state index is 0.00260. The van der Waals surface area contributed by atoms with Crippen molar-refractivity contribution in [3.63, 3.8) is 0 Å². The number of rotatable bonds is 16. The molecule has 1 amide bonds. The van der Waals surface area contributed by atoms with Gasteiger partial charge in [0, 0.05) is 63.3 Å². The highest BCUT2D eigenvalue weighted by Crippen LogP contribution is 2.43. The lowest BCUT2D eigenvalue weighted by Gasteiger charge is -2.54. The molecule has 5 aromatic rings. The van der Waals surface area contributed by atoms with Gasteiger partial charge in [-0.1, -0.05) is 38.1 Å². The Kier molecular flexibility index (Phi) is 12.8. The number of carbonyl (C=O) groups is 1. The van der Waals surface area contributed by atoms with Crippen LogP contribution in [-0.4, -0.2) is 98.5 Å². The number of piperidine rings is 1. The van der Waals surface area contributed by atoms with E-state index >= 15 is 0 Å². The van der Waals surface area contributed by atoms with E-state index in [1.807, 2.05) is 6.92 Å². The molecule has 15 nitrogen and oxygen atoms in total. The molecule has 0 radical (unpaired) electrons. The van der Waals surface area contributed by atoms with Crippen molar-refractivity contribution in [2.24, 2.45) is 16.5 Å². The smallest absolute Gasteiger partial charge is 0.268 e. The fraction of sp³-hybridized carbons (Fsp3) is 0.469. The first kappa shape index (κ1) is 45.5. The second-order valence-corrected chi connectivity index (χ2v) is 20.9. The maximum Gasteiger partial charge on any atom is 0.268 e. The van der Waals surface area contributed by atoms with Crippen molar-refractivity contribution in [3.8, 4) is 17.4 Å². The van der Waals surface area contributed by atoms with E-state index in [0.29, 0.717) is 44.2 Å². The average molecular weight is 924 g/mol. The van der Waals surface area contributed by atoms with Gasteiger partial charge in [-0.25, -0.2) is 17.5 Å². The van der Waals surface area contributed by atoms with Crippen molar-refractivity contribution < 1.29 is 36.9 Å². The van der Waals surface area contributed by atoms with Crippen LogP contribution in [0, 0.1) is 22.1 Å². The van der Waals surface area contributed by atoms with Crippen LogP contribution in [0.2, 0.25) is 0 Å². The Morgan fingerprint density at radius 2 is 1.79 bits per heavy atom. The average Bonchev–Trinajstić information content (AvgIpc) is 3.64. The number of H-pyrrole nitrogens is 1. The van der Waals surface area contributed by atoms with Gasteiger partial charge in [0.15, 0.2) is 5.75 Å². The van der Waals surface area contributed by atoms with E-state index in [-0.39, 0.29) is 62.0 Å². The summed E-state index contributed by atoms with van der Waals surface area (Å²) in [7, 11) is -4.54. The van der Waals surface area contributed by atoms with Gasteiger partial charge in [-0.15, -0.1) is 4.91 Å². The first-order valence-corrected chi connectivity index (χ1v) is 24.4. The molecule has 4 N–H and O–H groups in total. The van der Waals surface area contributed by atoms with Gasteiger partial charge in [0.2, 0.25) is 0 Å². The lowest BCUT2D eigenvalue weighted by Crippen LogP contribution is -2.60. The van der Waals surface area contributed by atoms with Gasteiger partial charge in [0.05, 0.1) is 40.3 Å². The van der Waals surface area contributed by atoms with Crippen molar-refractivity contribution in [3.05, 3.63) is 100 Å². The number of aliphatic hydroxyl groups is 1. The maximum atomic E-state index is 15.0. The number of likely N-dealkylation sites (tertiary alicyclic amines) is 1. The van der Waals surface area contributed by atoms with Crippen molar-refractivity contribution >= 4 is 44.0 Å². The summed E-state index contributed by atoms with van der Waals surface area (Å²) in [5.74, 6) is -0.745. The van der Waals surface area contributed by atoms with Gasteiger partial charge in [-0.2, -0.15) is 4.98 Å². The van der Waals surface area contributed by atoms with E-state index in [2.05, 4.69) is 73.1 Å². The molecule has 0 bridgehead atoms. The molecule has 2 aromatic heterocycles. The fourth-order valence-corrected chi connectivity index (χ4v) is 10.8. The van der Waals surface area contributed by atoms with Crippen LogP contribution >= 0.6 is 0 Å². The van der Waals surface area contributed by atoms with Crippen LogP contribution in [0.5, 0.6) is 17.4 Å². The molecule has 1 aliphatic carbocycles. The molecular formula is C49H58FN7O8S. The van der Waals surface area contributed by atoms with Crippen LogP contribution < -0.4 is 24.4 Å². The summed E-state index contributed by atoms with van der Waals surface area (Å²) in [6, 6.07) is 19.0. The number of pyridine rings is 1. The summed E-state index contributed by atoms with van der Waals surface area (Å²) in [4.78, 5) is 37.8. The predicted octanol–water partition coefficient (Wildman–Crippen LogP) is 8.41. The van der Waals surface area contributed by atoms with E-state index in [0.717, 1.165) is 76.6 Å². The van der Waals surface area contributed by atoms with Gasteiger partial charge < -0.3 is 39.4 Å². The highest BCUT2D eigenvalue weighted by Gasteiger charge is 2.44. The summed E-state index contributed by atoms with van der Waals surface area (Å²) in [6.07, 6.45) is 6.78. The molecule has 3 saturated heterocycles. The highest BCUT2D eigenvalue weighted by molar-refractivity contribution is 7.90. The Morgan fingerprint density at radius 3 is 2.50 bits per heavy atom. The lowest BCUT2D eigenvalue weighted by atomic mass is 9.71. The molecule has 1 saturated carbocycles. The van der Waals surface area contributed by atoms with E-state index in [4.69, 9.17) is 14.2 Å². The summed E-state index contributed by atoms with van der Waals surface area (Å²) in [6.45, 7) is 12.1. The summed E-state index contributed by atoms with van der Waals surface area (Å²) >= 11 is 0. The van der Waals surface area contributed by atoms with Gasteiger partial charge >= 0.3 is 0 Å². The zero-order valence-corrected chi connectivity index (χ0v) is 38.5. The number of nitrogens with zero attached hydrogens (tertiary/aromatic N) is 4. The highest BCUT2D eigenvalue weighted by atomic mass is 32.2. The summed E-state index contributed by atoms with van der Waals surface area (Å²) in [5, 5.41) is 16.7. The van der Waals surface area contributed by atoms with E-state index in [9.17, 15) is 27.6 Å². The molecular weight excluding hydrogens is 866 g/mol. The number of carbonyl (C=O) groups excluding carboxylic acids is 1. The van der Waals surface area contributed by atoms with Crippen LogP contribution in [-0.2, 0) is 21.2 Å². The summed E-state index contributed by atoms with van der Waals surface area (Å²) < 4.78 is 62.6. The number of aromatic nitrogens is 2. The Morgan fingerprint density at radius 1 is 1.03 bits per heavy atom. The second kappa shape index (κ2) is 18.6. The largest absolute Gasteiger partial charge is 0.467 e. The third-order valence-electron chi connectivity index (χ3n) is 13.9. The van der Waals surface area contributed by atoms with Crippen LogP contribution in [0.25, 0.3) is 11.0 Å².